The van der Waals surface area contributed by atoms with E-state index >= 15 is 0 Å². The molecule has 1 unspecified atom stereocenters. The molecule has 1 amide bonds. The molecule has 0 aromatic heterocycles. The summed E-state index contributed by atoms with van der Waals surface area (Å²) in [5.41, 5.74) is 6.28. The lowest BCUT2D eigenvalue weighted by Gasteiger charge is -2.32. The number of rotatable bonds is 8. The lowest BCUT2D eigenvalue weighted by Crippen LogP contribution is -2.42. The molecule has 0 spiro atoms. The predicted octanol–water partition coefficient (Wildman–Crippen LogP) is 1.82. The molecule has 0 saturated carbocycles. The molecule has 1 fully saturated rings. The van der Waals surface area contributed by atoms with Gasteiger partial charge >= 0.3 is 18.1 Å². The molecule has 1 heterocycles. The Kier molecular flexibility index (Phi) is 8.69. The first-order valence-electron chi connectivity index (χ1n) is 10.1. The van der Waals surface area contributed by atoms with Gasteiger partial charge in [-0.25, -0.2) is 9.59 Å². The lowest BCUT2D eigenvalue weighted by molar-refractivity contribution is -0.203. The molecule has 0 radical (unpaired) electrons. The van der Waals surface area contributed by atoms with Crippen molar-refractivity contribution in [2.75, 3.05) is 19.7 Å². The Morgan fingerprint density at radius 2 is 1.67 bits per heavy atom. The molecule has 0 bridgehead atoms. The minimum atomic E-state index is -5.27. The number of carbonyl (C=O) groups is 4. The summed E-state index contributed by atoms with van der Waals surface area (Å²) in [5, 5.41) is 7.37. The van der Waals surface area contributed by atoms with Gasteiger partial charge in [0.05, 0.1) is 6.10 Å². The van der Waals surface area contributed by atoms with Crippen LogP contribution in [-0.2, 0) is 23.9 Å². The third kappa shape index (κ3) is 7.67. The van der Waals surface area contributed by atoms with Crippen molar-refractivity contribution >= 4 is 29.5 Å². The number of amidine groups is 1. The summed E-state index contributed by atoms with van der Waals surface area (Å²) in [7, 11) is 0. The fourth-order valence-corrected chi connectivity index (χ4v) is 3.23. The van der Waals surface area contributed by atoms with Gasteiger partial charge in [-0.3, -0.25) is 15.0 Å². The number of ketones is 1. The van der Waals surface area contributed by atoms with Crippen LogP contribution in [0.3, 0.4) is 0 Å². The van der Waals surface area contributed by atoms with Gasteiger partial charge in [-0.05, 0) is 12.8 Å². The predicted molar refractivity (Wildman–Crippen MR) is 108 cm³/mol. The van der Waals surface area contributed by atoms with Crippen LogP contribution in [0.4, 0.5) is 13.2 Å². The number of nitrogens with two attached hydrogens (primary N) is 1. The Morgan fingerprint density at radius 3 is 2.18 bits per heavy atom. The highest BCUT2D eigenvalue weighted by Crippen LogP contribution is 2.19. The number of esters is 2. The van der Waals surface area contributed by atoms with Gasteiger partial charge in [0, 0.05) is 36.6 Å². The molecule has 33 heavy (non-hydrogen) atoms. The summed E-state index contributed by atoms with van der Waals surface area (Å²) >= 11 is 0. The number of hydrogen-bond acceptors (Lipinski definition) is 7. The fraction of sp³-hybridized carbons (Fsp3) is 0.476. The smallest absolute Gasteiger partial charge is 0.385 e. The Hall–Kier alpha value is -3.28. The van der Waals surface area contributed by atoms with Crippen molar-refractivity contribution in [2.45, 2.75) is 38.5 Å². The molecule has 12 heteroatoms. The van der Waals surface area contributed by atoms with Crippen LogP contribution in [0.15, 0.2) is 24.3 Å². The van der Waals surface area contributed by atoms with Crippen LogP contribution in [0.1, 0.15) is 42.1 Å². The highest BCUT2D eigenvalue weighted by atomic mass is 19.4. The maximum atomic E-state index is 12.6. The van der Waals surface area contributed by atoms with Crippen molar-refractivity contribution < 1.29 is 41.8 Å². The minimum absolute atomic E-state index is 0.00923. The number of halogens is 3. The summed E-state index contributed by atoms with van der Waals surface area (Å²) in [6.07, 6.45) is -5.09. The highest BCUT2D eigenvalue weighted by molar-refractivity contribution is 6.01. The monoisotopic (exact) mass is 471 g/mol. The quantitative estimate of drug-likeness (QED) is 0.194. The average Bonchev–Trinajstić information content (AvgIpc) is 2.76. The molecule has 9 nitrogen and oxygen atoms in total. The summed E-state index contributed by atoms with van der Waals surface area (Å²) in [6, 6.07) is 6.22. The number of nitrogens with one attached hydrogen (secondary N) is 1. The first kappa shape index (κ1) is 26.0. The standard InChI is InChI=1S/C21H24F3N3O6/c1-12(18(30)13-2-4-14(5-3-13)19(25)26)10-16(28)27-8-6-15(7-9-27)32-11-17(29)33-20(31)21(22,23)24/h2-5,12,15H,6-11H2,1H3,(H3,25,26). The number of nitrogens with zero attached hydrogens (tertiary/aromatic N) is 1. The maximum absolute atomic E-state index is 12.6. The van der Waals surface area contributed by atoms with E-state index in [0.717, 1.165) is 0 Å². The van der Waals surface area contributed by atoms with Crippen LogP contribution in [0.25, 0.3) is 0 Å². The number of hydrogen-bond donors (Lipinski definition) is 2. The number of ether oxygens (including phenoxy) is 2. The maximum Gasteiger partial charge on any atom is 0.491 e. The van der Waals surface area contributed by atoms with Crippen LogP contribution >= 0.6 is 0 Å². The van der Waals surface area contributed by atoms with E-state index in [1.54, 1.807) is 36.1 Å². The zero-order valence-corrected chi connectivity index (χ0v) is 17.8. The summed E-state index contributed by atoms with van der Waals surface area (Å²) in [5.74, 6) is -5.19. The van der Waals surface area contributed by atoms with E-state index in [0.29, 0.717) is 24.0 Å². The average molecular weight is 471 g/mol. The third-order valence-corrected chi connectivity index (χ3v) is 5.08. The van der Waals surface area contributed by atoms with E-state index < -0.39 is 36.7 Å². The molecular formula is C21H24F3N3O6. The number of nitrogen functional groups attached to an aromatic ring is 1. The molecular weight excluding hydrogens is 447 g/mol. The molecule has 3 N–H and O–H groups in total. The van der Waals surface area contributed by atoms with Gasteiger partial charge < -0.3 is 20.1 Å². The second-order valence-electron chi connectivity index (χ2n) is 7.61. The van der Waals surface area contributed by atoms with Crippen molar-refractivity contribution in [3.63, 3.8) is 0 Å². The Labute approximate surface area is 187 Å². The largest absolute Gasteiger partial charge is 0.491 e. The normalized spacial score (nSPS) is 15.6. The van der Waals surface area contributed by atoms with Crippen LogP contribution in [0.5, 0.6) is 0 Å². The first-order chi connectivity index (χ1) is 15.4. The van der Waals surface area contributed by atoms with Gasteiger partial charge in [-0.15, -0.1) is 0 Å². The second kappa shape index (κ2) is 11.0. The molecule has 180 valence electrons. The van der Waals surface area contributed by atoms with Gasteiger partial charge in [0.2, 0.25) is 5.91 Å². The SMILES string of the molecule is CC(CC(=O)N1CCC(OCC(=O)OC(=O)C(F)(F)F)CC1)C(=O)c1ccc(C(=N)N)cc1. The van der Waals surface area contributed by atoms with Crippen LogP contribution < -0.4 is 5.73 Å². The summed E-state index contributed by atoms with van der Waals surface area (Å²) < 4.78 is 45.0. The van der Waals surface area contributed by atoms with Gasteiger partial charge in [-0.1, -0.05) is 31.2 Å². The minimum Gasteiger partial charge on any atom is -0.385 e. The molecule has 1 aliphatic rings. The van der Waals surface area contributed by atoms with Gasteiger partial charge in [0.25, 0.3) is 0 Å². The van der Waals surface area contributed by atoms with E-state index in [1.807, 2.05) is 0 Å². The van der Waals surface area contributed by atoms with Crippen molar-refractivity contribution in [1.82, 2.24) is 4.90 Å². The zero-order valence-electron chi connectivity index (χ0n) is 17.8. The van der Waals surface area contributed by atoms with Crippen molar-refractivity contribution in [1.29, 1.82) is 5.41 Å². The van der Waals surface area contributed by atoms with Crippen LogP contribution in [0, 0.1) is 11.3 Å². The summed E-state index contributed by atoms with van der Waals surface area (Å²) in [4.78, 5) is 48.6. The van der Waals surface area contributed by atoms with Crippen LogP contribution in [0.2, 0.25) is 0 Å². The fourth-order valence-electron chi connectivity index (χ4n) is 3.23. The lowest BCUT2D eigenvalue weighted by atomic mass is 9.94. The van der Waals surface area contributed by atoms with Crippen molar-refractivity contribution in [3.05, 3.63) is 35.4 Å². The van der Waals surface area contributed by atoms with Crippen LogP contribution in [-0.4, -0.2) is 66.3 Å². The van der Waals surface area contributed by atoms with Gasteiger partial charge in [0.15, 0.2) is 5.78 Å². The second-order valence-corrected chi connectivity index (χ2v) is 7.61. The number of carbonyl (C=O) groups excluding carboxylic acids is 4. The molecule has 1 aromatic rings. The number of likely N-dealkylation sites (tertiary alicyclic amines) is 1. The number of amides is 1. The molecule has 1 saturated heterocycles. The molecule has 0 aliphatic carbocycles. The Morgan fingerprint density at radius 1 is 1.12 bits per heavy atom. The van der Waals surface area contributed by atoms with E-state index in [2.05, 4.69) is 4.74 Å². The van der Waals surface area contributed by atoms with E-state index in [4.69, 9.17) is 15.9 Å². The van der Waals surface area contributed by atoms with E-state index in [-0.39, 0.29) is 37.0 Å². The Balaban J connectivity index is 1.76. The van der Waals surface area contributed by atoms with E-state index in [1.165, 1.54) is 0 Å². The summed E-state index contributed by atoms with van der Waals surface area (Å²) in [6.45, 7) is 1.40. The van der Waals surface area contributed by atoms with Gasteiger partial charge in [0.1, 0.15) is 12.4 Å². The number of alkyl halides is 3. The molecule has 1 atom stereocenters. The molecule has 2 rings (SSSR count). The van der Waals surface area contributed by atoms with Gasteiger partial charge in [-0.2, -0.15) is 13.2 Å². The Bertz CT molecular complexity index is 909. The topological polar surface area (TPSA) is 140 Å². The highest BCUT2D eigenvalue weighted by Gasteiger charge is 2.42. The molecule has 1 aromatic carbocycles. The first-order valence-corrected chi connectivity index (χ1v) is 10.1. The zero-order chi connectivity index (χ0) is 24.8. The molecule has 1 aliphatic heterocycles. The number of Topliss-reactive ketones (excluding diaryl/α,β-unsaturated/α-hetero) is 1. The number of piperidine rings is 1. The van der Waals surface area contributed by atoms with Crippen molar-refractivity contribution in [2.24, 2.45) is 11.7 Å². The van der Waals surface area contributed by atoms with E-state index in [9.17, 15) is 32.3 Å². The number of benzene rings is 1. The van der Waals surface area contributed by atoms with Crippen molar-refractivity contribution in [3.8, 4) is 0 Å². The third-order valence-electron chi connectivity index (χ3n) is 5.08.